The van der Waals surface area contributed by atoms with Crippen molar-refractivity contribution in [2.75, 3.05) is 7.11 Å². The Kier molecular flexibility index (Phi) is 6.61. The Labute approximate surface area is 108 Å². The number of carbonyl (C=O) groups excluding carboxylic acids is 1. The SMILES string of the molecule is CC[C@@H](N)c1ccc(OC(C)=O)c(OC)c1.Cl. The number of methoxy groups -OCH3 is 1. The van der Waals surface area contributed by atoms with Crippen LogP contribution in [0.2, 0.25) is 0 Å². The lowest BCUT2D eigenvalue weighted by atomic mass is 10.1. The first kappa shape index (κ1) is 15.7. The van der Waals surface area contributed by atoms with Gasteiger partial charge in [0.05, 0.1) is 7.11 Å². The van der Waals surface area contributed by atoms with Gasteiger partial charge < -0.3 is 15.2 Å². The molecular weight excluding hydrogens is 242 g/mol. The number of nitrogens with two attached hydrogens (primary N) is 1. The van der Waals surface area contributed by atoms with Crippen molar-refractivity contribution in [1.82, 2.24) is 0 Å². The van der Waals surface area contributed by atoms with E-state index in [1.54, 1.807) is 12.1 Å². The Bertz CT molecular complexity index is 382. The summed E-state index contributed by atoms with van der Waals surface area (Å²) in [6.07, 6.45) is 0.843. The van der Waals surface area contributed by atoms with Crippen LogP contribution < -0.4 is 15.2 Å². The molecule has 5 heteroatoms. The molecule has 1 aromatic carbocycles. The van der Waals surface area contributed by atoms with Crippen LogP contribution in [-0.4, -0.2) is 13.1 Å². The third kappa shape index (κ3) is 4.24. The molecule has 96 valence electrons. The standard InChI is InChI=1S/C12H17NO3.ClH/c1-4-10(13)9-5-6-11(16-8(2)14)12(7-9)15-3;/h5-7,10H,4,13H2,1-3H3;1H/t10-;/m1./s1. The predicted molar refractivity (Wildman–Crippen MR) is 68.8 cm³/mol. The first-order chi connectivity index (χ1) is 7.58. The monoisotopic (exact) mass is 259 g/mol. The van der Waals surface area contributed by atoms with E-state index in [0.29, 0.717) is 11.5 Å². The first-order valence-corrected chi connectivity index (χ1v) is 5.20. The highest BCUT2D eigenvalue weighted by atomic mass is 35.5. The summed E-state index contributed by atoms with van der Waals surface area (Å²) in [5.74, 6) is 0.574. The average Bonchev–Trinajstić information content (AvgIpc) is 2.27. The van der Waals surface area contributed by atoms with Crippen LogP contribution in [0.25, 0.3) is 0 Å². The fourth-order valence-electron chi connectivity index (χ4n) is 1.39. The van der Waals surface area contributed by atoms with E-state index in [0.717, 1.165) is 12.0 Å². The van der Waals surface area contributed by atoms with Crippen molar-refractivity contribution >= 4 is 18.4 Å². The molecule has 17 heavy (non-hydrogen) atoms. The zero-order valence-corrected chi connectivity index (χ0v) is 11.0. The molecule has 0 aliphatic heterocycles. The molecule has 0 fully saturated rings. The Morgan fingerprint density at radius 3 is 2.53 bits per heavy atom. The Morgan fingerprint density at radius 2 is 2.06 bits per heavy atom. The summed E-state index contributed by atoms with van der Waals surface area (Å²) >= 11 is 0. The topological polar surface area (TPSA) is 61.5 Å². The summed E-state index contributed by atoms with van der Waals surface area (Å²) in [7, 11) is 1.53. The molecule has 4 nitrogen and oxygen atoms in total. The number of ether oxygens (including phenoxy) is 2. The molecule has 0 amide bonds. The van der Waals surface area contributed by atoms with Crippen LogP contribution in [0.15, 0.2) is 18.2 Å². The van der Waals surface area contributed by atoms with E-state index in [4.69, 9.17) is 15.2 Å². The van der Waals surface area contributed by atoms with Crippen LogP contribution in [0.1, 0.15) is 31.9 Å². The minimum absolute atomic E-state index is 0. The predicted octanol–water partition coefficient (Wildman–Crippen LogP) is 2.45. The molecule has 0 saturated carbocycles. The molecule has 1 rings (SSSR count). The lowest BCUT2D eigenvalue weighted by Gasteiger charge is -2.13. The Hall–Kier alpha value is -1.26. The average molecular weight is 260 g/mol. The molecule has 0 aliphatic carbocycles. The molecule has 0 heterocycles. The van der Waals surface area contributed by atoms with Gasteiger partial charge in [-0.25, -0.2) is 0 Å². The molecule has 0 aliphatic rings. The second-order valence-corrected chi connectivity index (χ2v) is 3.52. The molecule has 2 N–H and O–H groups in total. The van der Waals surface area contributed by atoms with Crippen molar-refractivity contribution in [3.05, 3.63) is 23.8 Å². The van der Waals surface area contributed by atoms with E-state index in [-0.39, 0.29) is 24.4 Å². The van der Waals surface area contributed by atoms with Gasteiger partial charge in [-0.2, -0.15) is 0 Å². The van der Waals surface area contributed by atoms with Gasteiger partial charge in [0.2, 0.25) is 0 Å². The third-order valence-corrected chi connectivity index (χ3v) is 2.31. The maximum Gasteiger partial charge on any atom is 0.308 e. The van der Waals surface area contributed by atoms with E-state index >= 15 is 0 Å². The van der Waals surface area contributed by atoms with Crippen molar-refractivity contribution in [2.24, 2.45) is 5.73 Å². The molecular formula is C12H18ClNO3. The van der Waals surface area contributed by atoms with Crippen molar-refractivity contribution in [3.8, 4) is 11.5 Å². The number of hydrogen-bond donors (Lipinski definition) is 1. The van der Waals surface area contributed by atoms with Gasteiger partial charge in [-0.15, -0.1) is 12.4 Å². The minimum Gasteiger partial charge on any atom is -0.493 e. The molecule has 0 saturated heterocycles. The number of esters is 1. The molecule has 0 unspecified atom stereocenters. The Balaban J connectivity index is 0.00000256. The zero-order chi connectivity index (χ0) is 12.1. The van der Waals surface area contributed by atoms with Crippen molar-refractivity contribution < 1.29 is 14.3 Å². The van der Waals surface area contributed by atoms with Crippen LogP contribution in [0.5, 0.6) is 11.5 Å². The Morgan fingerprint density at radius 1 is 1.41 bits per heavy atom. The second kappa shape index (κ2) is 7.14. The van der Waals surface area contributed by atoms with E-state index in [2.05, 4.69) is 0 Å². The van der Waals surface area contributed by atoms with Crippen LogP contribution in [0, 0.1) is 0 Å². The summed E-state index contributed by atoms with van der Waals surface area (Å²) in [5, 5.41) is 0. The summed E-state index contributed by atoms with van der Waals surface area (Å²) in [6, 6.07) is 5.31. The molecule has 0 aromatic heterocycles. The fourth-order valence-corrected chi connectivity index (χ4v) is 1.39. The van der Waals surface area contributed by atoms with Gasteiger partial charge in [0.1, 0.15) is 0 Å². The lowest BCUT2D eigenvalue weighted by Crippen LogP contribution is -2.09. The van der Waals surface area contributed by atoms with Gasteiger partial charge in [-0.3, -0.25) is 4.79 Å². The number of hydrogen-bond acceptors (Lipinski definition) is 4. The van der Waals surface area contributed by atoms with Gasteiger partial charge in [-0.1, -0.05) is 13.0 Å². The van der Waals surface area contributed by atoms with Crippen LogP contribution in [0.3, 0.4) is 0 Å². The first-order valence-electron chi connectivity index (χ1n) is 5.20. The van der Waals surface area contributed by atoms with Gasteiger partial charge in [0.25, 0.3) is 0 Å². The van der Waals surface area contributed by atoms with Crippen molar-refractivity contribution in [3.63, 3.8) is 0 Å². The van der Waals surface area contributed by atoms with E-state index in [1.165, 1.54) is 14.0 Å². The lowest BCUT2D eigenvalue weighted by molar-refractivity contribution is -0.132. The van der Waals surface area contributed by atoms with Crippen LogP contribution in [-0.2, 0) is 4.79 Å². The van der Waals surface area contributed by atoms with E-state index in [9.17, 15) is 4.79 Å². The quantitative estimate of drug-likeness (QED) is 0.666. The summed E-state index contributed by atoms with van der Waals surface area (Å²) in [4.78, 5) is 10.9. The molecule has 1 aromatic rings. The second-order valence-electron chi connectivity index (χ2n) is 3.52. The highest BCUT2D eigenvalue weighted by Crippen LogP contribution is 2.30. The largest absolute Gasteiger partial charge is 0.493 e. The third-order valence-electron chi connectivity index (χ3n) is 2.31. The summed E-state index contributed by atoms with van der Waals surface area (Å²) < 4.78 is 10.1. The smallest absolute Gasteiger partial charge is 0.308 e. The highest BCUT2D eigenvalue weighted by Gasteiger charge is 2.10. The summed E-state index contributed by atoms with van der Waals surface area (Å²) in [6.45, 7) is 3.36. The fraction of sp³-hybridized carbons (Fsp3) is 0.417. The number of halogens is 1. The summed E-state index contributed by atoms with van der Waals surface area (Å²) in [5.41, 5.74) is 6.87. The van der Waals surface area contributed by atoms with Crippen LogP contribution >= 0.6 is 12.4 Å². The van der Waals surface area contributed by atoms with Crippen molar-refractivity contribution in [2.45, 2.75) is 26.3 Å². The molecule has 0 spiro atoms. The van der Waals surface area contributed by atoms with Crippen molar-refractivity contribution in [1.29, 1.82) is 0 Å². The van der Waals surface area contributed by atoms with Gasteiger partial charge >= 0.3 is 5.97 Å². The normalized spacial score (nSPS) is 11.3. The van der Waals surface area contributed by atoms with Gasteiger partial charge in [0, 0.05) is 13.0 Å². The van der Waals surface area contributed by atoms with E-state index in [1.807, 2.05) is 13.0 Å². The number of carbonyl (C=O) groups is 1. The van der Waals surface area contributed by atoms with E-state index < -0.39 is 0 Å². The highest BCUT2D eigenvalue weighted by molar-refractivity contribution is 5.85. The molecule has 0 radical (unpaired) electrons. The number of rotatable bonds is 4. The number of benzene rings is 1. The molecule has 0 bridgehead atoms. The maximum absolute atomic E-state index is 10.9. The van der Waals surface area contributed by atoms with Gasteiger partial charge in [-0.05, 0) is 24.1 Å². The molecule has 1 atom stereocenters. The minimum atomic E-state index is -0.370. The maximum atomic E-state index is 10.9. The zero-order valence-electron chi connectivity index (χ0n) is 10.2. The van der Waals surface area contributed by atoms with Gasteiger partial charge in [0.15, 0.2) is 11.5 Å². The van der Waals surface area contributed by atoms with Crippen LogP contribution in [0.4, 0.5) is 0 Å².